The second-order valence-electron chi connectivity index (χ2n) is 10.7. The van der Waals surface area contributed by atoms with Gasteiger partial charge in [0.15, 0.2) is 0 Å². The van der Waals surface area contributed by atoms with E-state index in [1.807, 2.05) is 0 Å². The Morgan fingerprint density at radius 3 is 2.05 bits per heavy atom. The molecule has 14 heteroatoms. The zero-order valence-corrected chi connectivity index (χ0v) is 26.3. The van der Waals surface area contributed by atoms with Crippen LogP contribution in [0.5, 0.6) is 11.5 Å². The zero-order chi connectivity index (χ0) is 28.6. The van der Waals surface area contributed by atoms with Crippen molar-refractivity contribution in [1.82, 2.24) is 21.3 Å². The van der Waals surface area contributed by atoms with Crippen LogP contribution in [-0.2, 0) is 27.2 Å². The molecule has 2 aliphatic rings. The molecular formula is C29H43Cl3N6O5. The summed E-state index contributed by atoms with van der Waals surface area (Å²) in [6, 6.07) is 7.05. The van der Waals surface area contributed by atoms with Crippen LogP contribution in [0, 0.1) is 5.92 Å². The molecule has 43 heavy (non-hydrogen) atoms. The third-order valence-corrected chi connectivity index (χ3v) is 7.68. The highest BCUT2D eigenvalue weighted by Gasteiger charge is 2.30. The summed E-state index contributed by atoms with van der Waals surface area (Å²) in [5.41, 5.74) is 14.3. The number of aromatic hydroxyl groups is 2. The maximum atomic E-state index is 13.4. The van der Waals surface area contributed by atoms with E-state index < -0.39 is 29.9 Å². The average Bonchev–Trinajstić information content (AvgIpc) is 2.95. The molecule has 3 amide bonds. The van der Waals surface area contributed by atoms with Crippen LogP contribution in [0.2, 0.25) is 0 Å². The molecule has 4 rings (SSSR count). The highest BCUT2D eigenvalue weighted by atomic mass is 35.5. The molecule has 2 heterocycles. The van der Waals surface area contributed by atoms with Gasteiger partial charge in [-0.2, -0.15) is 0 Å². The second kappa shape index (κ2) is 18.1. The second-order valence-corrected chi connectivity index (χ2v) is 10.7. The minimum atomic E-state index is -1.03. The van der Waals surface area contributed by atoms with Gasteiger partial charge >= 0.3 is 0 Å². The van der Waals surface area contributed by atoms with Gasteiger partial charge in [-0.3, -0.25) is 14.4 Å². The van der Waals surface area contributed by atoms with Crippen LogP contribution in [0.25, 0.3) is 11.1 Å². The number of amides is 3. The molecule has 10 N–H and O–H groups in total. The van der Waals surface area contributed by atoms with Gasteiger partial charge in [0.1, 0.15) is 23.6 Å². The van der Waals surface area contributed by atoms with Gasteiger partial charge in [-0.15, -0.1) is 37.2 Å². The number of benzene rings is 2. The van der Waals surface area contributed by atoms with E-state index in [1.165, 1.54) is 6.07 Å². The lowest BCUT2D eigenvalue weighted by Gasteiger charge is -2.26. The van der Waals surface area contributed by atoms with Crippen LogP contribution in [-0.4, -0.2) is 72.2 Å². The first-order valence-electron chi connectivity index (χ1n) is 13.9. The number of carbonyl (C=O) groups excluding carboxylic acids is 3. The molecule has 0 saturated carbocycles. The quantitative estimate of drug-likeness (QED) is 0.227. The molecule has 1 saturated heterocycles. The lowest BCUT2D eigenvalue weighted by molar-refractivity contribution is -0.132. The summed E-state index contributed by atoms with van der Waals surface area (Å²) in [6.45, 7) is 2.58. The molecule has 3 atom stereocenters. The van der Waals surface area contributed by atoms with Crippen LogP contribution in [0.1, 0.15) is 36.8 Å². The number of hydrogen-bond donors (Lipinski definition) is 8. The molecule has 240 valence electrons. The SMILES string of the molecule is Cl.Cl.Cl.NCCC[C@@H]1NC(=O)[C@@H](N)Cc2cc(ccc2O)-c2ccc(O)c(c2)C[C@@H](C(=O)NCC2CCNCC2)NC1=O. The van der Waals surface area contributed by atoms with Crippen molar-refractivity contribution in [2.24, 2.45) is 17.4 Å². The number of phenols is 2. The molecule has 0 radical (unpaired) electrons. The Morgan fingerprint density at radius 1 is 0.884 bits per heavy atom. The fourth-order valence-electron chi connectivity index (χ4n) is 5.21. The number of nitrogens with two attached hydrogens (primary N) is 2. The van der Waals surface area contributed by atoms with Crippen LogP contribution in [0.15, 0.2) is 36.4 Å². The van der Waals surface area contributed by atoms with E-state index in [-0.39, 0.29) is 73.9 Å². The van der Waals surface area contributed by atoms with Crippen molar-refractivity contribution in [3.63, 3.8) is 0 Å². The molecule has 0 spiro atoms. The summed E-state index contributed by atoms with van der Waals surface area (Å²) >= 11 is 0. The van der Waals surface area contributed by atoms with Crippen molar-refractivity contribution in [1.29, 1.82) is 0 Å². The fraction of sp³-hybridized carbons (Fsp3) is 0.483. The maximum absolute atomic E-state index is 13.4. The number of carbonyl (C=O) groups is 3. The first-order chi connectivity index (χ1) is 19.2. The number of halogens is 3. The summed E-state index contributed by atoms with van der Waals surface area (Å²) in [6.07, 6.45) is 2.69. The summed E-state index contributed by atoms with van der Waals surface area (Å²) in [4.78, 5) is 39.9. The first-order valence-corrected chi connectivity index (χ1v) is 13.9. The van der Waals surface area contributed by atoms with Crippen LogP contribution in [0.4, 0.5) is 0 Å². The van der Waals surface area contributed by atoms with Gasteiger partial charge in [0, 0.05) is 19.4 Å². The molecular weight excluding hydrogens is 619 g/mol. The van der Waals surface area contributed by atoms with Gasteiger partial charge < -0.3 is 42.9 Å². The Balaban J connectivity index is 0.00000308. The van der Waals surface area contributed by atoms with E-state index in [4.69, 9.17) is 11.5 Å². The van der Waals surface area contributed by atoms with E-state index in [9.17, 15) is 24.6 Å². The van der Waals surface area contributed by atoms with Crippen molar-refractivity contribution in [2.45, 2.75) is 56.7 Å². The molecule has 4 bridgehead atoms. The molecule has 2 aromatic rings. The van der Waals surface area contributed by atoms with Gasteiger partial charge in [-0.1, -0.05) is 12.1 Å². The molecule has 1 fully saturated rings. The molecule has 11 nitrogen and oxygen atoms in total. The Bertz CT molecular complexity index is 1230. The van der Waals surface area contributed by atoms with Crippen molar-refractivity contribution < 1.29 is 24.6 Å². The van der Waals surface area contributed by atoms with Crippen LogP contribution < -0.4 is 32.7 Å². The number of fused-ring (bicyclic) bond motifs is 5. The van der Waals surface area contributed by atoms with E-state index in [0.29, 0.717) is 36.6 Å². The third kappa shape index (κ3) is 10.4. The van der Waals surface area contributed by atoms with Gasteiger partial charge in [0.25, 0.3) is 0 Å². The Hall–Kier alpha value is -2.80. The number of phenolic OH excluding ortho intramolecular Hbond substituents is 2. The predicted octanol–water partition coefficient (Wildman–Crippen LogP) is 1.28. The summed E-state index contributed by atoms with van der Waals surface area (Å²) in [5.74, 6) is -1.13. The van der Waals surface area contributed by atoms with E-state index in [1.54, 1.807) is 30.3 Å². The normalized spacial score (nSPS) is 20.8. The van der Waals surface area contributed by atoms with E-state index >= 15 is 0 Å². The highest BCUT2D eigenvalue weighted by molar-refractivity contribution is 5.93. The summed E-state index contributed by atoms with van der Waals surface area (Å²) in [5, 5.41) is 32.9. The fourth-order valence-corrected chi connectivity index (χ4v) is 5.21. The molecule has 2 aromatic carbocycles. The maximum Gasteiger partial charge on any atom is 0.243 e. The van der Waals surface area contributed by atoms with E-state index in [0.717, 1.165) is 37.1 Å². The number of piperidine rings is 1. The van der Waals surface area contributed by atoms with Crippen molar-refractivity contribution >= 4 is 54.9 Å². The van der Waals surface area contributed by atoms with Crippen LogP contribution in [0.3, 0.4) is 0 Å². The number of rotatable bonds is 6. The zero-order valence-electron chi connectivity index (χ0n) is 23.8. The largest absolute Gasteiger partial charge is 0.508 e. The molecule has 0 aliphatic carbocycles. The van der Waals surface area contributed by atoms with Gasteiger partial charge in [0.2, 0.25) is 17.7 Å². The third-order valence-electron chi connectivity index (χ3n) is 7.68. The smallest absolute Gasteiger partial charge is 0.243 e. The van der Waals surface area contributed by atoms with Crippen molar-refractivity contribution in [2.75, 3.05) is 26.2 Å². The predicted molar refractivity (Wildman–Crippen MR) is 173 cm³/mol. The summed E-state index contributed by atoms with van der Waals surface area (Å²) in [7, 11) is 0. The lowest BCUT2D eigenvalue weighted by Crippen LogP contribution is -2.56. The first kappa shape index (κ1) is 38.2. The standard InChI is InChI=1S/C29H40N6O5.3ClH/c30-9-1-2-23-29(40)35-24(28(39)33-16-17-7-10-32-11-8-17)15-21-13-19(4-6-26(21)37)18-3-5-25(36)20(12-18)14-22(31)27(38)34-23;;;/h3-6,12-13,17,22-24,32,36-37H,1-2,7-11,14-16,30-31H2,(H,33,39)(H,34,38)(H,35,40);3*1H/t22-,23-,24-;;;/m0.../s1. The highest BCUT2D eigenvalue weighted by Crippen LogP contribution is 2.31. The monoisotopic (exact) mass is 660 g/mol. The number of nitrogens with one attached hydrogen (secondary N) is 4. The van der Waals surface area contributed by atoms with Crippen LogP contribution >= 0.6 is 37.2 Å². The average molecular weight is 662 g/mol. The van der Waals surface area contributed by atoms with Crippen molar-refractivity contribution in [3.05, 3.63) is 47.5 Å². The lowest BCUT2D eigenvalue weighted by atomic mass is 9.95. The molecule has 0 aromatic heterocycles. The van der Waals surface area contributed by atoms with Crippen molar-refractivity contribution in [3.8, 4) is 22.6 Å². The summed E-state index contributed by atoms with van der Waals surface area (Å²) < 4.78 is 0. The minimum Gasteiger partial charge on any atom is -0.508 e. The Labute approximate surface area is 270 Å². The van der Waals surface area contributed by atoms with E-state index in [2.05, 4.69) is 21.3 Å². The minimum absolute atomic E-state index is 0. The van der Waals surface area contributed by atoms with Gasteiger partial charge in [-0.25, -0.2) is 0 Å². The molecule has 2 aliphatic heterocycles. The van der Waals surface area contributed by atoms with Gasteiger partial charge in [0.05, 0.1) is 6.04 Å². The topological polar surface area (TPSA) is 192 Å². The Morgan fingerprint density at radius 2 is 1.47 bits per heavy atom. The molecule has 0 unspecified atom stereocenters. The number of hydrogen-bond acceptors (Lipinski definition) is 8. The Kier molecular flexibility index (Phi) is 16.1. The van der Waals surface area contributed by atoms with Gasteiger partial charge in [-0.05, 0) is 97.8 Å².